The molecule has 0 aromatic carbocycles. The van der Waals surface area contributed by atoms with Crippen LogP contribution >= 0.6 is 0 Å². The van der Waals surface area contributed by atoms with E-state index in [1.165, 1.54) is 18.9 Å². The molecule has 0 radical (unpaired) electrons. The molecule has 0 unspecified atom stereocenters. The summed E-state index contributed by atoms with van der Waals surface area (Å²) in [5, 5.41) is 8.46. The lowest BCUT2D eigenvalue weighted by Gasteiger charge is -2.18. The van der Waals surface area contributed by atoms with E-state index in [1.54, 1.807) is 7.05 Å². The molecule has 0 spiro atoms. The predicted molar refractivity (Wildman–Crippen MR) is 44.0 cm³/mol. The number of likely N-dealkylation sites (N-methyl/N-ethyl adjacent to an activating group) is 2. The standard InChI is InChI=1S/C7H14N2O3/c1-6(10)8(2)4-5-9(3)7(11)12/h4-5H2,1-3H3,(H,11,12). The minimum atomic E-state index is -0.980. The van der Waals surface area contributed by atoms with Crippen molar-refractivity contribution in [1.82, 2.24) is 9.80 Å². The molecular formula is C7H14N2O3. The number of hydrogen-bond donors (Lipinski definition) is 1. The molecule has 2 amide bonds. The molecule has 0 saturated heterocycles. The first-order chi connectivity index (χ1) is 5.45. The van der Waals surface area contributed by atoms with Crippen LogP contribution in [0.3, 0.4) is 0 Å². The summed E-state index contributed by atoms with van der Waals surface area (Å²) in [6.45, 7) is 2.21. The Morgan fingerprint density at radius 3 is 1.92 bits per heavy atom. The van der Waals surface area contributed by atoms with Gasteiger partial charge in [-0.1, -0.05) is 0 Å². The fraction of sp³-hybridized carbons (Fsp3) is 0.714. The summed E-state index contributed by atoms with van der Waals surface area (Å²) < 4.78 is 0. The van der Waals surface area contributed by atoms with E-state index >= 15 is 0 Å². The second-order valence-corrected chi connectivity index (χ2v) is 2.64. The van der Waals surface area contributed by atoms with Crippen molar-refractivity contribution in [1.29, 1.82) is 0 Å². The van der Waals surface area contributed by atoms with Crippen molar-refractivity contribution in [2.75, 3.05) is 27.2 Å². The number of hydrogen-bond acceptors (Lipinski definition) is 2. The van der Waals surface area contributed by atoms with Gasteiger partial charge in [0.25, 0.3) is 0 Å². The quantitative estimate of drug-likeness (QED) is 0.658. The molecule has 1 N–H and O–H groups in total. The van der Waals surface area contributed by atoms with Gasteiger partial charge in [0.15, 0.2) is 0 Å². The molecule has 12 heavy (non-hydrogen) atoms. The Balaban J connectivity index is 3.68. The van der Waals surface area contributed by atoms with Gasteiger partial charge in [0, 0.05) is 34.1 Å². The normalized spacial score (nSPS) is 9.25. The van der Waals surface area contributed by atoms with E-state index in [1.807, 2.05) is 0 Å². The Labute approximate surface area is 71.6 Å². The van der Waals surface area contributed by atoms with Gasteiger partial charge < -0.3 is 14.9 Å². The van der Waals surface area contributed by atoms with Gasteiger partial charge in [-0.05, 0) is 0 Å². The maximum Gasteiger partial charge on any atom is 0.407 e. The van der Waals surface area contributed by atoms with Crippen LogP contribution in [0.25, 0.3) is 0 Å². The first kappa shape index (κ1) is 10.7. The van der Waals surface area contributed by atoms with E-state index in [0.717, 1.165) is 4.90 Å². The summed E-state index contributed by atoms with van der Waals surface area (Å²) in [4.78, 5) is 23.6. The van der Waals surface area contributed by atoms with Crippen LogP contribution < -0.4 is 0 Å². The molecule has 5 heteroatoms. The Bertz CT molecular complexity index is 161. The summed E-state index contributed by atoms with van der Waals surface area (Å²) >= 11 is 0. The zero-order chi connectivity index (χ0) is 9.72. The predicted octanol–water partition coefficient (Wildman–Crippen LogP) is 0.0745. The molecule has 0 fully saturated rings. The Hall–Kier alpha value is -1.26. The van der Waals surface area contributed by atoms with E-state index in [2.05, 4.69) is 0 Å². The van der Waals surface area contributed by atoms with Gasteiger partial charge in [-0.25, -0.2) is 4.79 Å². The highest BCUT2D eigenvalue weighted by molar-refractivity contribution is 5.72. The molecule has 0 aromatic rings. The molecule has 0 aliphatic carbocycles. The molecular weight excluding hydrogens is 160 g/mol. The average molecular weight is 174 g/mol. The fourth-order valence-corrected chi connectivity index (χ4v) is 0.553. The van der Waals surface area contributed by atoms with Crippen molar-refractivity contribution in [2.45, 2.75) is 6.92 Å². The summed E-state index contributed by atoms with van der Waals surface area (Å²) in [6, 6.07) is 0. The van der Waals surface area contributed by atoms with E-state index in [4.69, 9.17) is 5.11 Å². The van der Waals surface area contributed by atoms with Gasteiger partial charge >= 0.3 is 6.09 Å². The lowest BCUT2D eigenvalue weighted by Crippen LogP contribution is -2.35. The van der Waals surface area contributed by atoms with Crippen LogP contribution in [0.1, 0.15) is 6.92 Å². The lowest BCUT2D eigenvalue weighted by atomic mass is 10.5. The molecule has 0 atom stereocenters. The van der Waals surface area contributed by atoms with E-state index in [9.17, 15) is 9.59 Å². The van der Waals surface area contributed by atoms with Crippen LogP contribution in [0.2, 0.25) is 0 Å². The molecule has 0 heterocycles. The molecule has 0 aliphatic rings. The zero-order valence-electron chi connectivity index (χ0n) is 7.57. The number of nitrogens with zero attached hydrogens (tertiary/aromatic N) is 2. The van der Waals surface area contributed by atoms with Crippen LogP contribution in [-0.2, 0) is 4.79 Å². The van der Waals surface area contributed by atoms with Crippen LogP contribution in [0.4, 0.5) is 4.79 Å². The molecule has 70 valence electrons. The molecule has 0 rings (SSSR count). The van der Waals surface area contributed by atoms with Crippen molar-refractivity contribution in [3.05, 3.63) is 0 Å². The van der Waals surface area contributed by atoms with Gasteiger partial charge in [-0.3, -0.25) is 4.79 Å². The van der Waals surface area contributed by atoms with Crippen molar-refractivity contribution in [3.63, 3.8) is 0 Å². The van der Waals surface area contributed by atoms with Gasteiger partial charge in [-0.2, -0.15) is 0 Å². The Kier molecular flexibility index (Phi) is 4.10. The maximum absolute atomic E-state index is 10.7. The van der Waals surface area contributed by atoms with Gasteiger partial charge in [0.05, 0.1) is 0 Å². The van der Waals surface area contributed by atoms with Crippen molar-refractivity contribution in [3.8, 4) is 0 Å². The summed E-state index contributed by atoms with van der Waals surface area (Å²) in [6.07, 6.45) is -0.980. The third kappa shape index (κ3) is 3.80. The van der Waals surface area contributed by atoms with Gasteiger partial charge in [0.2, 0.25) is 5.91 Å². The third-order valence-electron chi connectivity index (χ3n) is 1.63. The van der Waals surface area contributed by atoms with Gasteiger partial charge in [-0.15, -0.1) is 0 Å². The number of carbonyl (C=O) groups excluding carboxylic acids is 1. The number of amides is 2. The first-order valence-electron chi connectivity index (χ1n) is 3.61. The van der Waals surface area contributed by atoms with Crippen molar-refractivity contribution in [2.24, 2.45) is 0 Å². The smallest absolute Gasteiger partial charge is 0.407 e. The monoisotopic (exact) mass is 174 g/mol. The topological polar surface area (TPSA) is 60.9 Å². The van der Waals surface area contributed by atoms with E-state index in [0.29, 0.717) is 13.1 Å². The molecule has 0 aliphatic heterocycles. The fourth-order valence-electron chi connectivity index (χ4n) is 0.553. The van der Waals surface area contributed by atoms with Crippen LogP contribution in [0.15, 0.2) is 0 Å². The largest absolute Gasteiger partial charge is 0.465 e. The summed E-state index contributed by atoms with van der Waals surface area (Å²) in [7, 11) is 3.11. The third-order valence-corrected chi connectivity index (χ3v) is 1.63. The number of carbonyl (C=O) groups is 2. The molecule has 0 saturated carbocycles. The molecule has 5 nitrogen and oxygen atoms in total. The summed E-state index contributed by atoms with van der Waals surface area (Å²) in [5.41, 5.74) is 0. The first-order valence-corrected chi connectivity index (χ1v) is 3.61. The van der Waals surface area contributed by atoms with Crippen LogP contribution in [0, 0.1) is 0 Å². The second-order valence-electron chi connectivity index (χ2n) is 2.64. The molecule has 0 bridgehead atoms. The Morgan fingerprint density at radius 1 is 1.17 bits per heavy atom. The van der Waals surface area contributed by atoms with E-state index < -0.39 is 6.09 Å². The second kappa shape index (κ2) is 4.58. The lowest BCUT2D eigenvalue weighted by molar-refractivity contribution is -0.127. The summed E-state index contributed by atoms with van der Waals surface area (Å²) in [5.74, 6) is -0.0613. The van der Waals surface area contributed by atoms with Crippen molar-refractivity contribution < 1.29 is 14.7 Å². The molecule has 0 aromatic heterocycles. The highest BCUT2D eigenvalue weighted by Crippen LogP contribution is 1.87. The minimum Gasteiger partial charge on any atom is -0.465 e. The average Bonchev–Trinajstić information content (AvgIpc) is 1.98. The highest BCUT2D eigenvalue weighted by atomic mass is 16.4. The van der Waals surface area contributed by atoms with Crippen molar-refractivity contribution >= 4 is 12.0 Å². The van der Waals surface area contributed by atoms with E-state index in [-0.39, 0.29) is 5.91 Å². The van der Waals surface area contributed by atoms with Crippen LogP contribution in [-0.4, -0.2) is 54.1 Å². The highest BCUT2D eigenvalue weighted by Gasteiger charge is 2.07. The maximum atomic E-state index is 10.7. The minimum absolute atomic E-state index is 0.0613. The Morgan fingerprint density at radius 2 is 1.58 bits per heavy atom. The number of rotatable bonds is 3. The SMILES string of the molecule is CC(=O)N(C)CCN(C)C(=O)O. The van der Waals surface area contributed by atoms with Crippen LogP contribution in [0.5, 0.6) is 0 Å². The van der Waals surface area contributed by atoms with Gasteiger partial charge in [0.1, 0.15) is 0 Å². The number of carboxylic acid groups (broad SMARTS) is 1. The zero-order valence-corrected chi connectivity index (χ0v) is 7.57.